The molecule has 32 heavy (non-hydrogen) atoms. The largest absolute Gasteiger partial charge is 0.369 e. The first-order valence-electron chi connectivity index (χ1n) is 10.7. The molecule has 0 atom stereocenters. The summed E-state index contributed by atoms with van der Waals surface area (Å²) < 4.78 is 1.76. The van der Waals surface area contributed by atoms with Crippen LogP contribution in [0.15, 0.2) is 61.2 Å². The Morgan fingerprint density at radius 2 is 1.94 bits per heavy atom. The number of nitrogens with one attached hydrogen (secondary N) is 2. The number of aromatic amines is 1. The van der Waals surface area contributed by atoms with Gasteiger partial charge in [-0.2, -0.15) is 10.1 Å². The van der Waals surface area contributed by atoms with Crippen LogP contribution in [0.25, 0.3) is 27.9 Å². The second-order valence-electron chi connectivity index (χ2n) is 8.07. The molecule has 0 bridgehead atoms. The van der Waals surface area contributed by atoms with E-state index >= 15 is 0 Å². The molecule has 4 aromatic heterocycles. The Hall–Kier alpha value is -3.98. The first kappa shape index (κ1) is 18.8. The molecular formula is C23H23N9. The van der Waals surface area contributed by atoms with Crippen LogP contribution in [0.5, 0.6) is 0 Å². The maximum absolute atomic E-state index is 4.68. The SMILES string of the molecule is CN1CCN(c2cccc(Nc3ncc4c(-c5ccc6nccn6n5)c[nH]c4n3)c2)CC1. The zero-order valence-electron chi connectivity index (χ0n) is 17.7. The number of piperazine rings is 1. The molecule has 1 aromatic carbocycles. The minimum absolute atomic E-state index is 0.555. The Balaban J connectivity index is 1.26. The molecule has 0 radical (unpaired) electrons. The Bertz CT molecular complexity index is 1400. The number of aromatic nitrogens is 6. The molecule has 5 aromatic rings. The fraction of sp³-hybridized carbons (Fsp3) is 0.217. The van der Waals surface area contributed by atoms with Gasteiger partial charge in [-0.05, 0) is 37.4 Å². The topological polar surface area (TPSA) is 90.3 Å². The molecule has 0 unspecified atom stereocenters. The molecule has 0 saturated carbocycles. The fourth-order valence-electron chi connectivity index (χ4n) is 4.11. The summed E-state index contributed by atoms with van der Waals surface area (Å²) in [4.78, 5) is 21.5. The molecule has 9 nitrogen and oxygen atoms in total. The molecule has 160 valence electrons. The van der Waals surface area contributed by atoms with E-state index in [0.717, 1.165) is 59.8 Å². The van der Waals surface area contributed by atoms with Gasteiger partial charge in [0.25, 0.3) is 0 Å². The third kappa shape index (κ3) is 3.42. The van der Waals surface area contributed by atoms with Gasteiger partial charge in [0.2, 0.25) is 5.95 Å². The lowest BCUT2D eigenvalue weighted by Gasteiger charge is -2.34. The molecule has 9 heteroatoms. The van der Waals surface area contributed by atoms with E-state index in [0.29, 0.717) is 5.95 Å². The molecule has 0 amide bonds. The van der Waals surface area contributed by atoms with Crippen LogP contribution in [0, 0.1) is 0 Å². The molecule has 1 aliphatic heterocycles. The average molecular weight is 426 g/mol. The number of rotatable bonds is 4. The van der Waals surface area contributed by atoms with Crippen molar-refractivity contribution in [1.82, 2.24) is 34.4 Å². The van der Waals surface area contributed by atoms with Gasteiger partial charge in [-0.3, -0.25) is 0 Å². The predicted octanol–water partition coefficient (Wildman–Crippen LogP) is 3.16. The van der Waals surface area contributed by atoms with E-state index in [-0.39, 0.29) is 0 Å². The Morgan fingerprint density at radius 3 is 2.84 bits per heavy atom. The molecule has 6 rings (SSSR count). The van der Waals surface area contributed by atoms with E-state index in [1.54, 1.807) is 10.7 Å². The lowest BCUT2D eigenvalue weighted by atomic mass is 10.2. The van der Waals surface area contributed by atoms with Crippen molar-refractivity contribution >= 4 is 34.0 Å². The highest BCUT2D eigenvalue weighted by Gasteiger charge is 2.15. The number of benzene rings is 1. The highest BCUT2D eigenvalue weighted by molar-refractivity contribution is 5.92. The minimum atomic E-state index is 0.555. The van der Waals surface area contributed by atoms with Gasteiger partial charge in [0, 0.05) is 73.3 Å². The van der Waals surface area contributed by atoms with Crippen LogP contribution in [-0.2, 0) is 0 Å². The zero-order valence-corrected chi connectivity index (χ0v) is 17.7. The van der Waals surface area contributed by atoms with Crippen LogP contribution in [-0.4, -0.2) is 67.7 Å². The van der Waals surface area contributed by atoms with Crippen LogP contribution in [0.3, 0.4) is 0 Å². The molecule has 1 saturated heterocycles. The molecule has 1 aliphatic rings. The minimum Gasteiger partial charge on any atom is -0.369 e. The van der Waals surface area contributed by atoms with E-state index in [1.165, 1.54) is 5.69 Å². The average Bonchev–Trinajstić information content (AvgIpc) is 3.46. The Labute approximate surface area is 184 Å². The maximum Gasteiger partial charge on any atom is 0.229 e. The zero-order chi connectivity index (χ0) is 21.5. The van der Waals surface area contributed by atoms with Gasteiger partial charge < -0.3 is 20.1 Å². The van der Waals surface area contributed by atoms with Crippen molar-refractivity contribution in [2.45, 2.75) is 0 Å². The van der Waals surface area contributed by atoms with Crippen molar-refractivity contribution in [3.05, 3.63) is 61.2 Å². The summed E-state index contributed by atoms with van der Waals surface area (Å²) in [5.74, 6) is 0.555. The number of fused-ring (bicyclic) bond motifs is 2. The first-order valence-corrected chi connectivity index (χ1v) is 10.7. The third-order valence-electron chi connectivity index (χ3n) is 5.93. The second-order valence-corrected chi connectivity index (χ2v) is 8.07. The van der Waals surface area contributed by atoms with Crippen LogP contribution >= 0.6 is 0 Å². The summed E-state index contributed by atoms with van der Waals surface area (Å²) >= 11 is 0. The van der Waals surface area contributed by atoms with Crippen molar-refractivity contribution in [1.29, 1.82) is 0 Å². The van der Waals surface area contributed by atoms with Gasteiger partial charge in [0.1, 0.15) is 5.65 Å². The van der Waals surface area contributed by atoms with Crippen molar-refractivity contribution in [2.24, 2.45) is 0 Å². The summed E-state index contributed by atoms with van der Waals surface area (Å²) in [6.45, 7) is 4.23. The van der Waals surface area contributed by atoms with E-state index in [4.69, 9.17) is 0 Å². The first-order chi connectivity index (χ1) is 15.7. The standard InChI is InChI=1S/C23H23N9/c1-30-9-11-31(12-10-30)17-4-2-3-16(13-17)27-23-26-15-19-18(14-25-22(19)28-23)20-5-6-21-24-7-8-32(21)29-20/h2-8,13-15H,9-12H2,1H3,(H2,25,26,27,28). The highest BCUT2D eigenvalue weighted by atomic mass is 15.3. The van der Waals surface area contributed by atoms with Crippen molar-refractivity contribution < 1.29 is 0 Å². The lowest BCUT2D eigenvalue weighted by molar-refractivity contribution is 0.313. The lowest BCUT2D eigenvalue weighted by Crippen LogP contribution is -2.44. The van der Waals surface area contributed by atoms with Crippen LogP contribution in [0.2, 0.25) is 0 Å². The van der Waals surface area contributed by atoms with Gasteiger partial charge >= 0.3 is 0 Å². The van der Waals surface area contributed by atoms with Crippen molar-refractivity contribution in [3.8, 4) is 11.3 Å². The van der Waals surface area contributed by atoms with Gasteiger partial charge in [-0.25, -0.2) is 14.5 Å². The van der Waals surface area contributed by atoms with E-state index in [2.05, 4.69) is 65.4 Å². The quantitative estimate of drug-likeness (QED) is 0.457. The highest BCUT2D eigenvalue weighted by Crippen LogP contribution is 2.28. The predicted molar refractivity (Wildman–Crippen MR) is 125 cm³/mol. The summed E-state index contributed by atoms with van der Waals surface area (Å²) in [7, 11) is 2.17. The molecule has 5 heterocycles. The van der Waals surface area contributed by atoms with Crippen LogP contribution in [0.4, 0.5) is 17.3 Å². The normalized spacial score (nSPS) is 15.0. The van der Waals surface area contributed by atoms with E-state index in [9.17, 15) is 0 Å². The fourth-order valence-corrected chi connectivity index (χ4v) is 4.11. The summed E-state index contributed by atoms with van der Waals surface area (Å²) in [5, 5.41) is 8.90. The number of imidazole rings is 1. The maximum atomic E-state index is 4.68. The van der Waals surface area contributed by atoms with Crippen LogP contribution in [0.1, 0.15) is 0 Å². The van der Waals surface area contributed by atoms with Gasteiger partial charge in [-0.1, -0.05) is 6.07 Å². The molecule has 1 fully saturated rings. The summed E-state index contributed by atoms with van der Waals surface area (Å²) in [6.07, 6.45) is 7.33. The summed E-state index contributed by atoms with van der Waals surface area (Å²) in [6, 6.07) is 12.3. The molecule has 0 spiro atoms. The second kappa shape index (κ2) is 7.61. The number of hydrogen-bond acceptors (Lipinski definition) is 7. The molecule has 0 aliphatic carbocycles. The van der Waals surface area contributed by atoms with Gasteiger partial charge in [0.15, 0.2) is 5.65 Å². The third-order valence-corrected chi connectivity index (χ3v) is 5.93. The van der Waals surface area contributed by atoms with Crippen molar-refractivity contribution in [2.75, 3.05) is 43.4 Å². The molecular weight excluding hydrogens is 402 g/mol. The Morgan fingerprint density at radius 1 is 1.03 bits per heavy atom. The van der Waals surface area contributed by atoms with Gasteiger partial charge in [-0.15, -0.1) is 0 Å². The number of likely N-dealkylation sites (N-methyl/N-ethyl adjacent to an activating group) is 1. The summed E-state index contributed by atoms with van der Waals surface area (Å²) in [5.41, 5.74) is 5.56. The monoisotopic (exact) mass is 425 g/mol. The van der Waals surface area contributed by atoms with Crippen molar-refractivity contribution in [3.63, 3.8) is 0 Å². The van der Waals surface area contributed by atoms with Crippen LogP contribution < -0.4 is 10.2 Å². The number of anilines is 3. The smallest absolute Gasteiger partial charge is 0.229 e. The van der Waals surface area contributed by atoms with E-state index < -0.39 is 0 Å². The molecule has 2 N–H and O–H groups in total. The van der Waals surface area contributed by atoms with Gasteiger partial charge in [0.05, 0.1) is 5.69 Å². The number of H-pyrrole nitrogens is 1. The number of hydrogen-bond donors (Lipinski definition) is 2. The van der Waals surface area contributed by atoms with E-state index in [1.807, 2.05) is 36.8 Å². The number of nitrogens with zero attached hydrogens (tertiary/aromatic N) is 7. The Kier molecular flexibility index (Phi) is 4.46.